The van der Waals surface area contributed by atoms with Crippen LogP contribution in [0.5, 0.6) is 11.5 Å². The molecule has 21 heavy (non-hydrogen) atoms. The van der Waals surface area contributed by atoms with Crippen LogP contribution in [0.25, 0.3) is 0 Å². The van der Waals surface area contributed by atoms with E-state index in [1.54, 1.807) is 0 Å². The molecule has 0 fully saturated rings. The summed E-state index contributed by atoms with van der Waals surface area (Å²) in [5.41, 5.74) is 2.60. The summed E-state index contributed by atoms with van der Waals surface area (Å²) in [7, 11) is 0. The van der Waals surface area contributed by atoms with Gasteiger partial charge in [-0.1, -0.05) is 0 Å². The largest absolute Gasteiger partial charge is 0.490 e. The molecule has 0 bridgehead atoms. The monoisotopic (exact) mass is 308 g/mol. The summed E-state index contributed by atoms with van der Waals surface area (Å²) in [4.78, 5) is 2.21. The van der Waals surface area contributed by atoms with Gasteiger partial charge in [0.05, 0.1) is 13.2 Å². The second-order valence-corrected chi connectivity index (χ2v) is 5.33. The zero-order chi connectivity index (χ0) is 15.2. The Hall–Kier alpha value is -1.49. The second kappa shape index (κ2) is 7.50. The van der Waals surface area contributed by atoms with E-state index in [9.17, 15) is 0 Å². The zero-order valence-electron chi connectivity index (χ0n) is 13.1. The number of nitrogens with one attached hydrogen (secondary N) is 1. The Bertz CT molecular complexity index is 505. The highest BCUT2D eigenvalue weighted by atomic mass is 32.1. The van der Waals surface area contributed by atoms with Gasteiger partial charge in [0.2, 0.25) is 0 Å². The predicted octanol–water partition coefficient (Wildman–Crippen LogP) is 2.74. The number of thiocarbonyl (C=S) groups is 1. The fourth-order valence-electron chi connectivity index (χ4n) is 2.54. The van der Waals surface area contributed by atoms with Crippen molar-refractivity contribution in [2.75, 3.05) is 26.3 Å². The fraction of sp³-hybridized carbons (Fsp3) is 0.562. The number of rotatable bonds is 5. The SMILES string of the molecule is CCNC(=S)N1CCc2cc(OCC)c(OCC)cc2C1. The minimum absolute atomic E-state index is 0.637. The van der Waals surface area contributed by atoms with Crippen molar-refractivity contribution in [1.29, 1.82) is 0 Å². The molecule has 0 unspecified atom stereocenters. The standard InChI is InChI=1S/C16H24N2O2S/c1-4-17-16(21)18-8-7-12-9-14(19-5-2)15(20-6-3)10-13(12)11-18/h9-10H,4-8,11H2,1-3H3,(H,17,21). The molecular weight excluding hydrogens is 284 g/mol. The molecule has 0 aromatic heterocycles. The van der Waals surface area contributed by atoms with Crippen LogP contribution < -0.4 is 14.8 Å². The third kappa shape index (κ3) is 3.79. The minimum Gasteiger partial charge on any atom is -0.490 e. The van der Waals surface area contributed by atoms with Gasteiger partial charge in [-0.25, -0.2) is 0 Å². The Morgan fingerprint density at radius 3 is 2.33 bits per heavy atom. The van der Waals surface area contributed by atoms with Gasteiger partial charge in [0.15, 0.2) is 16.6 Å². The van der Waals surface area contributed by atoms with E-state index in [0.717, 1.165) is 42.7 Å². The number of hydrogen-bond acceptors (Lipinski definition) is 3. The van der Waals surface area contributed by atoms with Crippen molar-refractivity contribution in [2.24, 2.45) is 0 Å². The Balaban J connectivity index is 2.22. The van der Waals surface area contributed by atoms with E-state index in [2.05, 4.69) is 29.3 Å². The normalized spacial score (nSPS) is 13.6. The van der Waals surface area contributed by atoms with E-state index in [0.29, 0.717) is 13.2 Å². The molecule has 2 rings (SSSR count). The van der Waals surface area contributed by atoms with Crippen molar-refractivity contribution in [2.45, 2.75) is 33.7 Å². The molecule has 0 aliphatic carbocycles. The van der Waals surface area contributed by atoms with Gasteiger partial charge in [0, 0.05) is 19.6 Å². The summed E-state index contributed by atoms with van der Waals surface area (Å²) in [5, 5.41) is 4.05. The average Bonchev–Trinajstić information content (AvgIpc) is 2.48. The molecule has 0 amide bonds. The quantitative estimate of drug-likeness (QED) is 0.846. The maximum Gasteiger partial charge on any atom is 0.169 e. The van der Waals surface area contributed by atoms with Crippen LogP contribution in [0.4, 0.5) is 0 Å². The molecule has 1 aliphatic rings. The van der Waals surface area contributed by atoms with Gasteiger partial charge in [-0.2, -0.15) is 0 Å². The molecule has 0 atom stereocenters. The number of benzene rings is 1. The van der Waals surface area contributed by atoms with Crippen LogP contribution in [-0.2, 0) is 13.0 Å². The summed E-state index contributed by atoms with van der Waals surface area (Å²) >= 11 is 5.41. The molecule has 0 spiro atoms. The molecule has 4 nitrogen and oxygen atoms in total. The van der Waals surface area contributed by atoms with Gasteiger partial charge < -0.3 is 19.7 Å². The number of hydrogen-bond donors (Lipinski definition) is 1. The van der Waals surface area contributed by atoms with Gasteiger partial charge in [0.25, 0.3) is 0 Å². The molecule has 1 aromatic carbocycles. The van der Waals surface area contributed by atoms with Gasteiger partial charge in [-0.05, 0) is 62.7 Å². The Kier molecular flexibility index (Phi) is 5.67. The zero-order valence-corrected chi connectivity index (χ0v) is 13.9. The molecule has 0 saturated heterocycles. The third-order valence-corrected chi connectivity index (χ3v) is 3.90. The van der Waals surface area contributed by atoms with Crippen LogP contribution in [0, 0.1) is 0 Å². The first kappa shape index (κ1) is 15.9. The number of fused-ring (bicyclic) bond motifs is 1. The molecule has 0 radical (unpaired) electrons. The molecule has 1 heterocycles. The van der Waals surface area contributed by atoms with Crippen LogP contribution in [0.1, 0.15) is 31.9 Å². The van der Waals surface area contributed by atoms with Crippen molar-refractivity contribution < 1.29 is 9.47 Å². The van der Waals surface area contributed by atoms with Gasteiger partial charge in [0.1, 0.15) is 0 Å². The second-order valence-electron chi connectivity index (χ2n) is 4.94. The van der Waals surface area contributed by atoms with Crippen LogP contribution in [0.3, 0.4) is 0 Å². The Morgan fingerprint density at radius 1 is 1.14 bits per heavy atom. The highest BCUT2D eigenvalue weighted by molar-refractivity contribution is 7.80. The van der Waals surface area contributed by atoms with Crippen molar-refractivity contribution in [3.8, 4) is 11.5 Å². The summed E-state index contributed by atoms with van der Waals surface area (Å²) in [6.07, 6.45) is 0.980. The van der Waals surface area contributed by atoms with Crippen LogP contribution in [0.15, 0.2) is 12.1 Å². The maximum absolute atomic E-state index is 5.71. The lowest BCUT2D eigenvalue weighted by Crippen LogP contribution is -2.42. The smallest absolute Gasteiger partial charge is 0.169 e. The summed E-state index contributed by atoms with van der Waals surface area (Å²) in [6, 6.07) is 4.22. The van der Waals surface area contributed by atoms with E-state index >= 15 is 0 Å². The fourth-order valence-corrected chi connectivity index (χ4v) is 2.84. The highest BCUT2D eigenvalue weighted by Gasteiger charge is 2.21. The molecule has 1 aliphatic heterocycles. The first-order valence-corrected chi connectivity index (χ1v) is 8.04. The minimum atomic E-state index is 0.637. The highest BCUT2D eigenvalue weighted by Crippen LogP contribution is 2.33. The molecule has 5 heteroatoms. The molecule has 116 valence electrons. The van der Waals surface area contributed by atoms with E-state index in [1.807, 2.05) is 13.8 Å². The van der Waals surface area contributed by atoms with Gasteiger partial charge in [-0.3, -0.25) is 0 Å². The van der Waals surface area contributed by atoms with Crippen molar-refractivity contribution >= 4 is 17.3 Å². The van der Waals surface area contributed by atoms with E-state index < -0.39 is 0 Å². The van der Waals surface area contributed by atoms with Gasteiger partial charge in [-0.15, -0.1) is 0 Å². The number of ether oxygens (including phenoxy) is 2. The number of nitrogens with zero attached hydrogens (tertiary/aromatic N) is 1. The van der Waals surface area contributed by atoms with E-state index in [-0.39, 0.29) is 0 Å². The molecule has 1 N–H and O–H groups in total. The lowest BCUT2D eigenvalue weighted by Gasteiger charge is -2.31. The topological polar surface area (TPSA) is 33.7 Å². The first-order chi connectivity index (χ1) is 10.2. The van der Waals surface area contributed by atoms with E-state index in [4.69, 9.17) is 21.7 Å². The summed E-state index contributed by atoms with van der Waals surface area (Å²) < 4.78 is 11.4. The Labute approximate surface area is 132 Å². The third-order valence-electron chi connectivity index (χ3n) is 3.49. The van der Waals surface area contributed by atoms with Crippen molar-refractivity contribution in [3.05, 3.63) is 23.3 Å². The van der Waals surface area contributed by atoms with E-state index in [1.165, 1.54) is 11.1 Å². The molecular formula is C16H24N2O2S. The summed E-state index contributed by atoms with van der Waals surface area (Å²) in [5.74, 6) is 1.68. The Morgan fingerprint density at radius 2 is 1.76 bits per heavy atom. The lowest BCUT2D eigenvalue weighted by atomic mass is 9.99. The predicted molar refractivity (Wildman–Crippen MR) is 89.2 cm³/mol. The molecule has 0 saturated carbocycles. The first-order valence-electron chi connectivity index (χ1n) is 7.63. The van der Waals surface area contributed by atoms with Crippen molar-refractivity contribution in [3.63, 3.8) is 0 Å². The maximum atomic E-state index is 5.71. The lowest BCUT2D eigenvalue weighted by molar-refractivity contribution is 0.285. The molecule has 1 aromatic rings. The van der Waals surface area contributed by atoms with Crippen LogP contribution >= 0.6 is 12.2 Å². The average molecular weight is 308 g/mol. The van der Waals surface area contributed by atoms with Crippen LogP contribution in [0.2, 0.25) is 0 Å². The van der Waals surface area contributed by atoms with Crippen LogP contribution in [-0.4, -0.2) is 36.3 Å². The van der Waals surface area contributed by atoms with Crippen molar-refractivity contribution in [1.82, 2.24) is 10.2 Å². The summed E-state index contributed by atoms with van der Waals surface area (Å²) in [6.45, 7) is 9.95. The van der Waals surface area contributed by atoms with Gasteiger partial charge >= 0.3 is 0 Å².